The molecule has 0 N–H and O–H groups in total. The van der Waals surface area contributed by atoms with Gasteiger partial charge in [0.1, 0.15) is 5.01 Å². The number of carbonyl (C=O) groups is 2. The van der Waals surface area contributed by atoms with Gasteiger partial charge >= 0.3 is 0 Å². The standard InChI is InChI=1S/C22H28N4O3S/c1-17-2-4-18(5-3-17)22-23-19(16-30-22)14-20(27)25-8-6-24(7-9-25)15-21(28)26-10-12-29-13-11-26/h2-5,16H,6-15H2,1H3. The number of benzene rings is 1. The van der Waals surface area contributed by atoms with Crippen LogP contribution >= 0.6 is 11.3 Å². The van der Waals surface area contributed by atoms with Crippen LogP contribution in [-0.4, -0.2) is 90.5 Å². The number of hydrogen-bond donors (Lipinski definition) is 0. The predicted octanol–water partition coefficient (Wildman–Crippen LogP) is 1.66. The van der Waals surface area contributed by atoms with Gasteiger partial charge in [0.25, 0.3) is 0 Å². The van der Waals surface area contributed by atoms with E-state index in [1.165, 1.54) is 5.56 Å². The summed E-state index contributed by atoms with van der Waals surface area (Å²) < 4.78 is 5.30. The topological polar surface area (TPSA) is 66.0 Å². The summed E-state index contributed by atoms with van der Waals surface area (Å²) in [6.07, 6.45) is 0.328. The first-order valence-electron chi connectivity index (χ1n) is 10.5. The largest absolute Gasteiger partial charge is 0.378 e. The zero-order chi connectivity index (χ0) is 20.9. The number of carbonyl (C=O) groups excluding carboxylic acids is 2. The van der Waals surface area contributed by atoms with E-state index in [0.717, 1.165) is 29.4 Å². The fourth-order valence-corrected chi connectivity index (χ4v) is 4.57. The van der Waals surface area contributed by atoms with Crippen molar-refractivity contribution >= 4 is 23.2 Å². The van der Waals surface area contributed by atoms with Crippen LogP contribution in [0.15, 0.2) is 29.6 Å². The molecule has 3 heterocycles. The maximum absolute atomic E-state index is 12.7. The van der Waals surface area contributed by atoms with Gasteiger partial charge in [-0.3, -0.25) is 14.5 Å². The molecule has 0 spiro atoms. The van der Waals surface area contributed by atoms with Crippen molar-refractivity contribution in [2.24, 2.45) is 0 Å². The monoisotopic (exact) mass is 428 g/mol. The summed E-state index contributed by atoms with van der Waals surface area (Å²) in [5, 5.41) is 2.92. The number of thiazole rings is 1. The van der Waals surface area contributed by atoms with Crippen LogP contribution in [0.5, 0.6) is 0 Å². The van der Waals surface area contributed by atoms with Gasteiger partial charge in [-0.1, -0.05) is 29.8 Å². The Bertz CT molecular complexity index is 869. The van der Waals surface area contributed by atoms with Gasteiger partial charge in [0.15, 0.2) is 0 Å². The van der Waals surface area contributed by atoms with Crippen LogP contribution in [0.4, 0.5) is 0 Å². The molecule has 2 aliphatic heterocycles. The molecule has 0 unspecified atom stereocenters. The molecule has 30 heavy (non-hydrogen) atoms. The fraction of sp³-hybridized carbons (Fsp3) is 0.500. The molecule has 1 aromatic heterocycles. The lowest BCUT2D eigenvalue weighted by Crippen LogP contribution is -2.52. The molecule has 0 saturated carbocycles. The van der Waals surface area contributed by atoms with E-state index in [0.29, 0.717) is 52.4 Å². The average Bonchev–Trinajstić information content (AvgIpc) is 3.23. The van der Waals surface area contributed by atoms with Gasteiger partial charge in [0, 0.05) is 50.2 Å². The molecule has 2 aromatic rings. The summed E-state index contributed by atoms with van der Waals surface area (Å²) in [7, 11) is 0. The fourth-order valence-electron chi connectivity index (χ4n) is 3.74. The number of piperazine rings is 1. The number of rotatable bonds is 5. The van der Waals surface area contributed by atoms with Crippen molar-refractivity contribution in [1.82, 2.24) is 19.7 Å². The smallest absolute Gasteiger partial charge is 0.236 e. The van der Waals surface area contributed by atoms with Crippen LogP contribution in [-0.2, 0) is 20.7 Å². The average molecular weight is 429 g/mol. The van der Waals surface area contributed by atoms with Crippen molar-refractivity contribution in [3.63, 3.8) is 0 Å². The normalized spacial score (nSPS) is 17.9. The van der Waals surface area contributed by atoms with Gasteiger partial charge in [0.05, 0.1) is 31.9 Å². The maximum Gasteiger partial charge on any atom is 0.236 e. The number of aryl methyl sites for hydroxylation is 1. The van der Waals surface area contributed by atoms with Crippen LogP contribution < -0.4 is 0 Å². The molecule has 2 saturated heterocycles. The van der Waals surface area contributed by atoms with Crippen molar-refractivity contribution in [3.8, 4) is 10.6 Å². The third kappa shape index (κ3) is 5.24. The molecule has 0 atom stereocenters. The Balaban J connectivity index is 1.24. The van der Waals surface area contributed by atoms with Gasteiger partial charge in [-0.25, -0.2) is 4.98 Å². The molecule has 0 radical (unpaired) electrons. The number of hydrogen-bond acceptors (Lipinski definition) is 6. The van der Waals surface area contributed by atoms with Gasteiger partial charge in [0.2, 0.25) is 11.8 Å². The van der Waals surface area contributed by atoms with E-state index in [1.807, 2.05) is 15.2 Å². The Kier molecular flexibility index (Phi) is 6.76. The molecule has 7 nitrogen and oxygen atoms in total. The van der Waals surface area contributed by atoms with Crippen LogP contribution in [0.25, 0.3) is 10.6 Å². The SMILES string of the molecule is Cc1ccc(-c2nc(CC(=O)N3CCN(CC(=O)N4CCOCC4)CC3)cs2)cc1. The second kappa shape index (κ2) is 9.68. The lowest BCUT2D eigenvalue weighted by molar-refractivity contribution is -0.137. The molecule has 2 amide bonds. The van der Waals surface area contributed by atoms with Crippen molar-refractivity contribution < 1.29 is 14.3 Å². The second-order valence-corrected chi connectivity index (χ2v) is 8.69. The van der Waals surface area contributed by atoms with Gasteiger partial charge in [-0.2, -0.15) is 0 Å². The molecule has 2 aliphatic rings. The Labute approximate surface area is 181 Å². The first-order chi connectivity index (χ1) is 14.6. The predicted molar refractivity (Wildman–Crippen MR) is 116 cm³/mol. The third-order valence-corrected chi connectivity index (χ3v) is 6.57. The van der Waals surface area contributed by atoms with Gasteiger partial charge < -0.3 is 14.5 Å². The summed E-state index contributed by atoms with van der Waals surface area (Å²) in [6.45, 7) is 7.86. The summed E-state index contributed by atoms with van der Waals surface area (Å²) in [5.41, 5.74) is 3.13. The molecule has 1 aromatic carbocycles. The van der Waals surface area contributed by atoms with Crippen LogP contribution in [0.3, 0.4) is 0 Å². The van der Waals surface area contributed by atoms with E-state index in [9.17, 15) is 9.59 Å². The van der Waals surface area contributed by atoms with E-state index < -0.39 is 0 Å². The van der Waals surface area contributed by atoms with E-state index in [-0.39, 0.29) is 11.8 Å². The number of ether oxygens (including phenoxy) is 1. The molecule has 160 valence electrons. The van der Waals surface area contributed by atoms with E-state index in [2.05, 4.69) is 41.1 Å². The molecular formula is C22H28N4O3S. The third-order valence-electron chi connectivity index (χ3n) is 5.63. The molecule has 4 rings (SSSR count). The second-order valence-electron chi connectivity index (χ2n) is 7.84. The summed E-state index contributed by atoms with van der Waals surface area (Å²) in [5.74, 6) is 0.263. The zero-order valence-electron chi connectivity index (χ0n) is 17.4. The molecule has 8 heteroatoms. The van der Waals surface area contributed by atoms with Crippen molar-refractivity contribution in [3.05, 3.63) is 40.9 Å². The van der Waals surface area contributed by atoms with Crippen LogP contribution in [0.2, 0.25) is 0 Å². The highest BCUT2D eigenvalue weighted by Crippen LogP contribution is 2.24. The van der Waals surface area contributed by atoms with Crippen molar-refractivity contribution in [2.45, 2.75) is 13.3 Å². The van der Waals surface area contributed by atoms with Crippen molar-refractivity contribution in [2.75, 3.05) is 59.0 Å². The molecule has 2 fully saturated rings. The first-order valence-corrected chi connectivity index (χ1v) is 11.3. The minimum atomic E-state index is 0.106. The minimum absolute atomic E-state index is 0.106. The van der Waals surface area contributed by atoms with E-state index >= 15 is 0 Å². The zero-order valence-corrected chi connectivity index (χ0v) is 18.2. The van der Waals surface area contributed by atoms with Crippen molar-refractivity contribution in [1.29, 1.82) is 0 Å². The number of aromatic nitrogens is 1. The highest BCUT2D eigenvalue weighted by Gasteiger charge is 2.25. The highest BCUT2D eigenvalue weighted by atomic mass is 32.1. The minimum Gasteiger partial charge on any atom is -0.378 e. The lowest BCUT2D eigenvalue weighted by Gasteiger charge is -2.36. The van der Waals surface area contributed by atoms with Crippen LogP contribution in [0.1, 0.15) is 11.3 Å². The highest BCUT2D eigenvalue weighted by molar-refractivity contribution is 7.13. The van der Waals surface area contributed by atoms with Crippen LogP contribution in [0, 0.1) is 6.92 Å². The number of nitrogens with zero attached hydrogens (tertiary/aromatic N) is 4. The summed E-state index contributed by atoms with van der Waals surface area (Å²) in [6, 6.07) is 8.28. The van der Waals surface area contributed by atoms with Gasteiger partial charge in [-0.15, -0.1) is 11.3 Å². The number of morpholine rings is 1. The Morgan fingerprint density at radius 2 is 1.63 bits per heavy atom. The molecular weight excluding hydrogens is 400 g/mol. The molecule has 0 bridgehead atoms. The maximum atomic E-state index is 12.7. The van der Waals surface area contributed by atoms with E-state index in [1.54, 1.807) is 11.3 Å². The van der Waals surface area contributed by atoms with E-state index in [4.69, 9.17) is 4.74 Å². The lowest BCUT2D eigenvalue weighted by atomic mass is 10.2. The summed E-state index contributed by atoms with van der Waals surface area (Å²) >= 11 is 1.58. The van der Waals surface area contributed by atoms with Gasteiger partial charge in [-0.05, 0) is 6.92 Å². The molecule has 0 aliphatic carbocycles. The Hall–Kier alpha value is -2.29. The Morgan fingerprint density at radius 3 is 2.33 bits per heavy atom. The first kappa shape index (κ1) is 21.0. The quantitative estimate of drug-likeness (QED) is 0.725. The number of amides is 2. The summed E-state index contributed by atoms with van der Waals surface area (Å²) in [4.78, 5) is 35.7. The Morgan fingerprint density at radius 1 is 0.967 bits per heavy atom.